The summed E-state index contributed by atoms with van der Waals surface area (Å²) < 4.78 is 16.8. The average molecular weight is 357 g/mol. The lowest BCUT2D eigenvalue weighted by Crippen LogP contribution is -2.24. The molecule has 2 amide bonds. The highest BCUT2D eigenvalue weighted by Gasteiger charge is 2.05. The maximum atomic E-state index is 10.6. The zero-order valence-corrected chi connectivity index (χ0v) is 14.9. The largest absolute Gasteiger partial charge is 0.493 e. The van der Waals surface area contributed by atoms with E-state index in [1.54, 1.807) is 25.3 Å². The summed E-state index contributed by atoms with van der Waals surface area (Å²) in [6, 6.07) is 12.5. The van der Waals surface area contributed by atoms with E-state index in [9.17, 15) is 4.79 Å². The van der Waals surface area contributed by atoms with Crippen LogP contribution in [0.15, 0.2) is 47.6 Å². The molecule has 0 aliphatic heterocycles. The van der Waals surface area contributed by atoms with Gasteiger partial charge in [-0.2, -0.15) is 5.10 Å². The van der Waals surface area contributed by atoms with Crippen LogP contribution in [0.1, 0.15) is 17.5 Å². The Morgan fingerprint density at radius 1 is 1.12 bits per heavy atom. The van der Waals surface area contributed by atoms with Gasteiger partial charge in [0.25, 0.3) is 0 Å². The molecule has 0 bridgehead atoms. The Morgan fingerprint density at radius 3 is 2.54 bits per heavy atom. The summed E-state index contributed by atoms with van der Waals surface area (Å²) in [6.07, 6.45) is 2.20. The summed E-state index contributed by atoms with van der Waals surface area (Å²) in [5.74, 6) is 2.09. The number of hydrazone groups is 1. The molecule has 2 rings (SSSR count). The van der Waals surface area contributed by atoms with Gasteiger partial charge in [0.15, 0.2) is 11.5 Å². The fourth-order valence-corrected chi connectivity index (χ4v) is 2.20. The van der Waals surface area contributed by atoms with E-state index in [2.05, 4.69) is 10.5 Å². The van der Waals surface area contributed by atoms with Gasteiger partial charge < -0.3 is 19.9 Å². The van der Waals surface area contributed by atoms with Crippen molar-refractivity contribution in [2.45, 2.75) is 13.3 Å². The molecular weight excluding hydrogens is 334 g/mol. The van der Waals surface area contributed by atoms with Crippen LogP contribution in [0.25, 0.3) is 0 Å². The van der Waals surface area contributed by atoms with Crippen molar-refractivity contribution in [2.24, 2.45) is 10.8 Å². The van der Waals surface area contributed by atoms with Gasteiger partial charge in [-0.1, -0.05) is 18.2 Å². The van der Waals surface area contributed by atoms with Crippen molar-refractivity contribution in [1.29, 1.82) is 0 Å². The van der Waals surface area contributed by atoms with Crippen LogP contribution in [-0.4, -0.2) is 32.6 Å². The van der Waals surface area contributed by atoms with Gasteiger partial charge in [-0.3, -0.25) is 0 Å². The van der Waals surface area contributed by atoms with Crippen molar-refractivity contribution in [3.63, 3.8) is 0 Å². The number of carbonyl (C=O) groups is 1. The minimum Gasteiger partial charge on any atom is -0.493 e. The van der Waals surface area contributed by atoms with E-state index >= 15 is 0 Å². The Morgan fingerprint density at radius 2 is 1.85 bits per heavy atom. The Balaban J connectivity index is 1.82. The van der Waals surface area contributed by atoms with E-state index in [1.165, 1.54) is 6.21 Å². The number of nitrogens with two attached hydrogens (primary N) is 1. The SMILES string of the molecule is COc1cc(C=NNC(N)=O)ccc1OCCCOc1ccccc1C. The molecule has 138 valence electrons. The molecule has 0 aliphatic rings. The second kappa shape index (κ2) is 9.93. The monoisotopic (exact) mass is 357 g/mol. The molecule has 3 N–H and O–H groups in total. The maximum absolute atomic E-state index is 10.6. The van der Waals surface area contributed by atoms with Crippen LogP contribution < -0.4 is 25.4 Å². The molecule has 0 saturated heterocycles. The Labute approximate surface area is 152 Å². The van der Waals surface area contributed by atoms with Crippen LogP contribution in [-0.2, 0) is 0 Å². The number of carbonyl (C=O) groups excluding carboxylic acids is 1. The van der Waals surface area contributed by atoms with Gasteiger partial charge in [-0.05, 0) is 42.3 Å². The van der Waals surface area contributed by atoms with Gasteiger partial charge in [0.1, 0.15) is 5.75 Å². The topological polar surface area (TPSA) is 95.2 Å². The van der Waals surface area contributed by atoms with E-state index < -0.39 is 6.03 Å². The number of nitrogens with one attached hydrogen (secondary N) is 1. The van der Waals surface area contributed by atoms with Gasteiger partial charge in [0.2, 0.25) is 0 Å². The Bertz CT molecular complexity index is 762. The van der Waals surface area contributed by atoms with Crippen LogP contribution >= 0.6 is 0 Å². The molecule has 2 aromatic rings. The predicted molar refractivity (Wildman–Crippen MR) is 100 cm³/mol. The zero-order chi connectivity index (χ0) is 18.8. The quantitative estimate of drug-likeness (QED) is 0.410. The molecule has 0 spiro atoms. The van der Waals surface area contributed by atoms with Crippen molar-refractivity contribution >= 4 is 12.2 Å². The molecule has 0 heterocycles. The van der Waals surface area contributed by atoms with Crippen molar-refractivity contribution in [3.8, 4) is 17.2 Å². The third-order valence-electron chi connectivity index (χ3n) is 3.47. The Kier molecular flexibility index (Phi) is 7.30. The van der Waals surface area contributed by atoms with Crippen LogP contribution in [0.4, 0.5) is 4.79 Å². The molecule has 7 nitrogen and oxygen atoms in total. The number of hydrogen-bond donors (Lipinski definition) is 2. The maximum Gasteiger partial charge on any atom is 0.332 e. The molecule has 0 aliphatic carbocycles. The minimum atomic E-state index is -0.721. The average Bonchev–Trinajstić information content (AvgIpc) is 2.63. The number of rotatable bonds is 9. The summed E-state index contributed by atoms with van der Waals surface area (Å²) in [5.41, 5.74) is 8.93. The zero-order valence-electron chi connectivity index (χ0n) is 14.9. The van der Waals surface area contributed by atoms with E-state index in [4.69, 9.17) is 19.9 Å². The van der Waals surface area contributed by atoms with Gasteiger partial charge in [-0.25, -0.2) is 10.2 Å². The number of para-hydroxylation sites is 1. The first-order chi connectivity index (χ1) is 12.6. The first kappa shape index (κ1) is 19.1. The number of primary amides is 1. The van der Waals surface area contributed by atoms with Crippen molar-refractivity contribution in [2.75, 3.05) is 20.3 Å². The molecule has 2 aromatic carbocycles. The summed E-state index contributed by atoms with van der Waals surface area (Å²) in [6.45, 7) is 3.08. The molecule has 0 unspecified atom stereocenters. The first-order valence-electron chi connectivity index (χ1n) is 8.18. The molecule has 7 heteroatoms. The normalized spacial score (nSPS) is 10.5. The number of urea groups is 1. The van der Waals surface area contributed by atoms with Crippen molar-refractivity contribution in [3.05, 3.63) is 53.6 Å². The number of ether oxygens (including phenoxy) is 3. The molecule has 0 saturated carbocycles. The molecule has 0 atom stereocenters. The summed E-state index contributed by atoms with van der Waals surface area (Å²) in [5, 5.41) is 3.71. The third-order valence-corrected chi connectivity index (χ3v) is 3.47. The lowest BCUT2D eigenvalue weighted by molar-refractivity contribution is 0.239. The molecule has 0 aromatic heterocycles. The van der Waals surface area contributed by atoms with E-state index in [-0.39, 0.29) is 0 Å². The number of methoxy groups -OCH3 is 1. The second-order valence-electron chi connectivity index (χ2n) is 5.46. The van der Waals surface area contributed by atoms with Crippen molar-refractivity contribution in [1.82, 2.24) is 5.43 Å². The number of aryl methyl sites for hydroxylation is 1. The van der Waals surface area contributed by atoms with Gasteiger partial charge in [0, 0.05) is 6.42 Å². The molecule has 0 radical (unpaired) electrons. The van der Waals surface area contributed by atoms with Gasteiger partial charge in [-0.15, -0.1) is 0 Å². The van der Waals surface area contributed by atoms with E-state index in [1.807, 2.05) is 31.2 Å². The highest BCUT2D eigenvalue weighted by molar-refractivity contribution is 5.82. The highest BCUT2D eigenvalue weighted by atomic mass is 16.5. The lowest BCUT2D eigenvalue weighted by atomic mass is 10.2. The lowest BCUT2D eigenvalue weighted by Gasteiger charge is -2.12. The van der Waals surface area contributed by atoms with E-state index in [0.29, 0.717) is 24.7 Å². The van der Waals surface area contributed by atoms with Crippen LogP contribution in [0.3, 0.4) is 0 Å². The van der Waals surface area contributed by atoms with Crippen LogP contribution in [0, 0.1) is 6.92 Å². The number of hydrogen-bond acceptors (Lipinski definition) is 5. The number of amides is 2. The smallest absolute Gasteiger partial charge is 0.332 e. The molecular formula is C19H23N3O4. The second-order valence-corrected chi connectivity index (χ2v) is 5.46. The minimum absolute atomic E-state index is 0.499. The fourth-order valence-electron chi connectivity index (χ4n) is 2.20. The summed E-state index contributed by atoms with van der Waals surface area (Å²) in [7, 11) is 1.56. The number of nitrogens with zero attached hydrogens (tertiary/aromatic N) is 1. The van der Waals surface area contributed by atoms with Crippen molar-refractivity contribution < 1.29 is 19.0 Å². The van der Waals surface area contributed by atoms with Gasteiger partial charge in [0.05, 0.1) is 26.5 Å². The first-order valence-corrected chi connectivity index (χ1v) is 8.18. The standard InChI is InChI=1S/C19H23N3O4/c1-14-6-3-4-7-16(14)25-10-5-11-26-17-9-8-15(12-18(17)24-2)13-21-22-19(20)23/h3-4,6-9,12-13H,5,10-11H2,1-2H3,(H3,20,22,23). The highest BCUT2D eigenvalue weighted by Crippen LogP contribution is 2.27. The predicted octanol–water partition coefficient (Wildman–Crippen LogP) is 2.85. The molecule has 0 fully saturated rings. The van der Waals surface area contributed by atoms with Gasteiger partial charge >= 0.3 is 6.03 Å². The third kappa shape index (κ3) is 6.01. The summed E-state index contributed by atoms with van der Waals surface area (Å²) >= 11 is 0. The van der Waals surface area contributed by atoms with E-state index in [0.717, 1.165) is 23.3 Å². The fraction of sp³-hybridized carbons (Fsp3) is 0.263. The summed E-state index contributed by atoms with van der Waals surface area (Å²) in [4.78, 5) is 10.6. The Hall–Kier alpha value is -3.22. The molecule has 26 heavy (non-hydrogen) atoms. The van der Waals surface area contributed by atoms with Crippen LogP contribution in [0.2, 0.25) is 0 Å². The van der Waals surface area contributed by atoms with Crippen LogP contribution in [0.5, 0.6) is 17.2 Å². The number of benzene rings is 2.